The molecule has 1 aromatic heterocycles. The van der Waals surface area contributed by atoms with E-state index in [9.17, 15) is 4.79 Å². The average Bonchev–Trinajstić information content (AvgIpc) is 3.47. The van der Waals surface area contributed by atoms with Gasteiger partial charge >= 0.3 is 0 Å². The lowest BCUT2D eigenvalue weighted by Gasteiger charge is -2.26. The molecule has 2 heterocycles. The minimum absolute atomic E-state index is 0.0437. The Morgan fingerprint density at radius 2 is 1.70 bits per heavy atom. The van der Waals surface area contributed by atoms with E-state index >= 15 is 0 Å². The van der Waals surface area contributed by atoms with Gasteiger partial charge in [0.2, 0.25) is 6.41 Å². The number of aromatic nitrogens is 1. The second kappa shape index (κ2) is 17.2. The molecule has 216 valence electrons. The van der Waals surface area contributed by atoms with Crippen LogP contribution in [0.4, 0.5) is 11.5 Å². The summed E-state index contributed by atoms with van der Waals surface area (Å²) in [5.41, 5.74) is 2.47. The van der Waals surface area contributed by atoms with Crippen LogP contribution < -0.4 is 15.4 Å². The van der Waals surface area contributed by atoms with Gasteiger partial charge in [-0.3, -0.25) is 9.69 Å². The number of ether oxygens (including phenoxy) is 2. The highest BCUT2D eigenvalue weighted by molar-refractivity contribution is 6.32. The number of amides is 1. The summed E-state index contributed by atoms with van der Waals surface area (Å²) in [5.74, 6) is 8.54. The topological polar surface area (TPSA) is 88.9 Å². The SMILES string of the molecule is CC.CNc1cc(C(C)(C)C)on1.O=CNc1ccc(C#Cc2ccc(Cl)c(OCCN3CCOCC3)c2)cc1. The van der Waals surface area contributed by atoms with Crippen molar-refractivity contribution in [1.82, 2.24) is 10.1 Å². The third-order valence-electron chi connectivity index (χ3n) is 5.67. The summed E-state index contributed by atoms with van der Waals surface area (Å²) in [7, 11) is 1.82. The molecule has 40 heavy (non-hydrogen) atoms. The zero-order valence-electron chi connectivity index (χ0n) is 24.3. The Morgan fingerprint density at radius 3 is 2.27 bits per heavy atom. The number of carbonyl (C=O) groups is 1. The van der Waals surface area contributed by atoms with Crippen LogP contribution >= 0.6 is 11.6 Å². The van der Waals surface area contributed by atoms with E-state index in [4.69, 9.17) is 25.6 Å². The maximum absolute atomic E-state index is 10.4. The first-order chi connectivity index (χ1) is 19.3. The summed E-state index contributed by atoms with van der Waals surface area (Å²) < 4.78 is 16.3. The summed E-state index contributed by atoms with van der Waals surface area (Å²) >= 11 is 6.24. The molecule has 9 heteroatoms. The number of halogens is 1. The van der Waals surface area contributed by atoms with Gasteiger partial charge in [0.05, 0.1) is 18.2 Å². The fraction of sp³-hybridized carbons (Fsp3) is 0.419. The predicted octanol–water partition coefficient (Wildman–Crippen LogP) is 6.06. The number of nitrogens with one attached hydrogen (secondary N) is 2. The summed E-state index contributed by atoms with van der Waals surface area (Å²) in [5, 5.41) is 9.90. The van der Waals surface area contributed by atoms with Crippen LogP contribution in [0, 0.1) is 11.8 Å². The van der Waals surface area contributed by atoms with Gasteiger partial charge in [-0.25, -0.2) is 0 Å². The molecule has 0 spiro atoms. The molecule has 3 aromatic rings. The summed E-state index contributed by atoms with van der Waals surface area (Å²) in [4.78, 5) is 12.7. The van der Waals surface area contributed by atoms with Crippen LogP contribution in [0.25, 0.3) is 0 Å². The van der Waals surface area contributed by atoms with E-state index in [0.29, 0.717) is 23.8 Å². The van der Waals surface area contributed by atoms with Crippen LogP contribution in [0.15, 0.2) is 53.1 Å². The molecule has 1 aliphatic heterocycles. The van der Waals surface area contributed by atoms with Crippen molar-refractivity contribution in [1.29, 1.82) is 0 Å². The number of nitrogens with zero attached hydrogens (tertiary/aromatic N) is 2. The van der Waals surface area contributed by atoms with Gasteiger partial charge < -0.3 is 24.6 Å². The number of carbonyl (C=O) groups excluding carboxylic acids is 1. The molecular formula is C31H41ClN4O4. The number of benzene rings is 2. The molecule has 4 rings (SSSR count). The Kier molecular flexibility index (Phi) is 14.1. The second-order valence-electron chi connectivity index (χ2n) is 9.61. The molecule has 1 amide bonds. The third-order valence-corrected chi connectivity index (χ3v) is 5.98. The molecule has 0 saturated carbocycles. The normalized spacial score (nSPS) is 12.9. The van der Waals surface area contributed by atoms with E-state index in [1.807, 2.05) is 51.2 Å². The average molecular weight is 569 g/mol. The molecule has 0 aliphatic carbocycles. The Morgan fingerprint density at radius 1 is 1.05 bits per heavy atom. The Hall–Kier alpha value is -3.51. The molecule has 0 bridgehead atoms. The van der Waals surface area contributed by atoms with E-state index in [0.717, 1.165) is 61.2 Å². The molecule has 0 unspecified atom stereocenters. The van der Waals surface area contributed by atoms with E-state index < -0.39 is 0 Å². The van der Waals surface area contributed by atoms with E-state index in [2.05, 4.69) is 53.3 Å². The highest BCUT2D eigenvalue weighted by Gasteiger charge is 2.19. The highest BCUT2D eigenvalue weighted by Crippen LogP contribution is 2.26. The van der Waals surface area contributed by atoms with E-state index in [-0.39, 0.29) is 5.41 Å². The van der Waals surface area contributed by atoms with Crippen LogP contribution in [0.5, 0.6) is 5.75 Å². The molecule has 2 aromatic carbocycles. The molecule has 1 saturated heterocycles. The third kappa shape index (κ3) is 11.3. The first-order valence-electron chi connectivity index (χ1n) is 13.5. The van der Waals surface area contributed by atoms with E-state index in [1.165, 1.54) is 0 Å². The van der Waals surface area contributed by atoms with Gasteiger partial charge in [-0.05, 0) is 42.5 Å². The molecule has 0 radical (unpaired) electrons. The largest absolute Gasteiger partial charge is 0.491 e. The lowest BCUT2D eigenvalue weighted by atomic mass is 9.93. The number of anilines is 2. The number of hydrogen-bond acceptors (Lipinski definition) is 7. The van der Waals surface area contributed by atoms with Crippen LogP contribution in [0.1, 0.15) is 51.5 Å². The summed E-state index contributed by atoms with van der Waals surface area (Å²) in [6, 6.07) is 14.8. The molecule has 1 aliphatic rings. The number of hydrogen-bond donors (Lipinski definition) is 2. The quantitative estimate of drug-likeness (QED) is 0.264. The van der Waals surface area contributed by atoms with Crippen molar-refractivity contribution in [3.63, 3.8) is 0 Å². The van der Waals surface area contributed by atoms with Gasteiger partial charge in [0.25, 0.3) is 0 Å². The zero-order chi connectivity index (χ0) is 29.4. The van der Waals surface area contributed by atoms with Crippen LogP contribution in [0.2, 0.25) is 5.02 Å². The number of rotatable bonds is 7. The monoisotopic (exact) mass is 568 g/mol. The van der Waals surface area contributed by atoms with Gasteiger partial charge in [-0.15, -0.1) is 0 Å². The summed E-state index contributed by atoms with van der Waals surface area (Å²) in [6.07, 6.45) is 0.648. The van der Waals surface area contributed by atoms with Gasteiger partial charge in [0.15, 0.2) is 5.82 Å². The Balaban J connectivity index is 0.000000360. The Labute approximate surface area is 243 Å². The molecule has 2 N–H and O–H groups in total. The van der Waals surface area contributed by atoms with Crippen molar-refractivity contribution in [3.05, 3.63) is 70.4 Å². The lowest BCUT2D eigenvalue weighted by molar-refractivity contribution is -0.105. The smallest absolute Gasteiger partial charge is 0.211 e. The van der Waals surface area contributed by atoms with Gasteiger partial charge in [0, 0.05) is 55.0 Å². The molecular weight excluding hydrogens is 528 g/mol. The van der Waals surface area contributed by atoms with Gasteiger partial charge in [-0.2, -0.15) is 0 Å². The maximum atomic E-state index is 10.4. The van der Waals surface area contributed by atoms with Gasteiger partial charge in [0.1, 0.15) is 18.1 Å². The fourth-order valence-electron chi connectivity index (χ4n) is 3.41. The predicted molar refractivity (Wildman–Crippen MR) is 162 cm³/mol. The first-order valence-corrected chi connectivity index (χ1v) is 13.9. The summed E-state index contributed by atoms with van der Waals surface area (Å²) in [6.45, 7) is 15.1. The lowest BCUT2D eigenvalue weighted by Crippen LogP contribution is -2.38. The van der Waals surface area contributed by atoms with Crippen molar-refractivity contribution in [3.8, 4) is 17.6 Å². The second-order valence-corrected chi connectivity index (χ2v) is 10.0. The van der Waals surface area contributed by atoms with Crippen LogP contribution in [0.3, 0.4) is 0 Å². The van der Waals surface area contributed by atoms with E-state index in [1.54, 1.807) is 18.2 Å². The van der Waals surface area contributed by atoms with Gasteiger partial charge in [-0.1, -0.05) is 63.2 Å². The van der Waals surface area contributed by atoms with Crippen molar-refractivity contribution < 1.29 is 18.8 Å². The molecule has 0 atom stereocenters. The Bertz CT molecular complexity index is 1220. The van der Waals surface area contributed by atoms with Crippen LogP contribution in [-0.4, -0.2) is 63.0 Å². The number of morpholine rings is 1. The minimum Gasteiger partial charge on any atom is -0.491 e. The van der Waals surface area contributed by atoms with Crippen LogP contribution in [-0.2, 0) is 14.9 Å². The van der Waals surface area contributed by atoms with Crippen molar-refractivity contribution in [2.75, 3.05) is 57.1 Å². The minimum atomic E-state index is 0.0437. The highest BCUT2D eigenvalue weighted by atomic mass is 35.5. The van der Waals surface area contributed by atoms with Crippen molar-refractivity contribution in [2.45, 2.75) is 40.0 Å². The first kappa shape index (κ1) is 32.7. The fourth-order valence-corrected chi connectivity index (χ4v) is 3.58. The van der Waals surface area contributed by atoms with Crippen molar-refractivity contribution >= 4 is 29.5 Å². The maximum Gasteiger partial charge on any atom is 0.211 e. The van der Waals surface area contributed by atoms with Crippen molar-refractivity contribution in [2.24, 2.45) is 0 Å². The molecule has 1 fully saturated rings. The molecule has 8 nitrogen and oxygen atoms in total. The standard InChI is InChI=1S/C21H21ClN2O3.C8H14N2O.C2H6/c22-20-8-5-18(2-1-17-3-6-19(7-4-17)23-16-25)15-21(20)27-14-11-24-9-12-26-13-10-24;1-8(2,3)6-5-7(9-4)10-11-6;1-2/h3-8,15-16H,9-14H2,(H,23,25);5H,1-4H3,(H,9,10);1-2H3. The zero-order valence-corrected chi connectivity index (χ0v) is 25.1.